The van der Waals surface area contributed by atoms with Gasteiger partial charge >= 0.3 is 5.91 Å². The summed E-state index contributed by atoms with van der Waals surface area (Å²) in [7, 11) is 0. The largest absolute Gasteiger partial charge is 0.302 e. The van der Waals surface area contributed by atoms with Gasteiger partial charge in [0.05, 0.1) is 17.4 Å². The number of aromatic amines is 1. The average Bonchev–Trinajstić information content (AvgIpc) is 2.71. The molecule has 0 aliphatic carbocycles. The van der Waals surface area contributed by atoms with Crippen LogP contribution in [-0.2, 0) is 4.79 Å². The van der Waals surface area contributed by atoms with E-state index in [1.54, 1.807) is 18.2 Å². The second-order valence-electron chi connectivity index (χ2n) is 4.69. The van der Waals surface area contributed by atoms with Crippen molar-refractivity contribution in [1.82, 2.24) is 0 Å². The molecule has 0 fully saturated rings. The molecule has 5 heteroatoms. The smallest absolute Gasteiger partial charge is 0.283 e. The van der Waals surface area contributed by atoms with Crippen LogP contribution in [0.25, 0.3) is 0 Å². The number of nitrogens with one attached hydrogen (secondary N) is 2. The van der Waals surface area contributed by atoms with Crippen LogP contribution >= 0.6 is 0 Å². The van der Waals surface area contributed by atoms with Gasteiger partial charge in [-0.05, 0) is 30.7 Å². The SMILES string of the molecule is Cc1ccc(NCN2C(=O)C(=O)c3ccccc32)[nH+]c1. The number of hydrogen-bond donors (Lipinski definition) is 1. The molecule has 0 radical (unpaired) electrons. The third-order valence-corrected chi connectivity index (χ3v) is 3.27. The maximum Gasteiger partial charge on any atom is 0.302 e. The number of benzene rings is 1. The Morgan fingerprint density at radius 1 is 1.15 bits per heavy atom. The molecule has 3 rings (SSSR count). The van der Waals surface area contributed by atoms with Gasteiger partial charge in [0.1, 0.15) is 0 Å². The van der Waals surface area contributed by atoms with Gasteiger partial charge in [-0.15, -0.1) is 0 Å². The van der Waals surface area contributed by atoms with Crippen molar-refractivity contribution in [3.63, 3.8) is 0 Å². The first-order chi connectivity index (χ1) is 9.66. The van der Waals surface area contributed by atoms with Crippen LogP contribution in [0.2, 0.25) is 0 Å². The fourth-order valence-electron chi connectivity index (χ4n) is 2.18. The maximum absolute atomic E-state index is 12.0. The molecule has 1 aliphatic heterocycles. The number of nitrogens with zero attached hydrogens (tertiary/aromatic N) is 1. The van der Waals surface area contributed by atoms with Crippen molar-refractivity contribution in [3.8, 4) is 0 Å². The lowest BCUT2D eigenvalue weighted by Crippen LogP contribution is -2.35. The van der Waals surface area contributed by atoms with Gasteiger partial charge in [-0.2, -0.15) is 0 Å². The average molecular weight is 268 g/mol. The molecular formula is C15H14N3O2+. The van der Waals surface area contributed by atoms with Crippen molar-refractivity contribution in [3.05, 3.63) is 53.7 Å². The fraction of sp³-hybridized carbons (Fsp3) is 0.133. The lowest BCUT2D eigenvalue weighted by Gasteiger charge is -2.13. The van der Waals surface area contributed by atoms with Crippen LogP contribution in [0.5, 0.6) is 0 Å². The number of carbonyl (C=O) groups excluding carboxylic acids is 2. The minimum Gasteiger partial charge on any atom is -0.283 e. The quantitative estimate of drug-likeness (QED) is 0.856. The summed E-state index contributed by atoms with van der Waals surface area (Å²) in [6.45, 7) is 2.24. The number of fused-ring (bicyclic) bond motifs is 1. The van der Waals surface area contributed by atoms with Crippen LogP contribution in [-0.4, -0.2) is 18.4 Å². The van der Waals surface area contributed by atoms with Gasteiger partial charge < -0.3 is 0 Å². The molecule has 1 aliphatic rings. The zero-order valence-corrected chi connectivity index (χ0v) is 11.0. The van der Waals surface area contributed by atoms with E-state index in [1.165, 1.54) is 4.90 Å². The van der Waals surface area contributed by atoms with E-state index in [-0.39, 0.29) is 6.67 Å². The van der Waals surface area contributed by atoms with Crippen molar-refractivity contribution in [2.24, 2.45) is 0 Å². The highest BCUT2D eigenvalue weighted by molar-refractivity contribution is 6.52. The van der Waals surface area contributed by atoms with Crippen molar-refractivity contribution in [2.45, 2.75) is 6.92 Å². The van der Waals surface area contributed by atoms with E-state index in [2.05, 4.69) is 10.3 Å². The minimum absolute atomic E-state index is 0.251. The van der Waals surface area contributed by atoms with Gasteiger partial charge in [0.2, 0.25) is 0 Å². The molecule has 1 aromatic carbocycles. The van der Waals surface area contributed by atoms with Crippen molar-refractivity contribution >= 4 is 23.2 Å². The molecule has 1 aromatic heterocycles. The van der Waals surface area contributed by atoms with Crippen molar-refractivity contribution in [2.75, 3.05) is 16.9 Å². The second kappa shape index (κ2) is 4.77. The molecule has 0 bridgehead atoms. The highest BCUT2D eigenvalue weighted by Gasteiger charge is 2.36. The molecular weight excluding hydrogens is 254 g/mol. The number of aryl methyl sites for hydroxylation is 1. The summed E-state index contributed by atoms with van der Waals surface area (Å²) in [4.78, 5) is 28.3. The van der Waals surface area contributed by atoms with Gasteiger partial charge in [-0.25, -0.2) is 4.98 Å². The molecule has 2 heterocycles. The zero-order valence-electron chi connectivity index (χ0n) is 11.0. The topological polar surface area (TPSA) is 63.6 Å². The maximum atomic E-state index is 12.0. The number of para-hydroxylation sites is 1. The van der Waals surface area contributed by atoms with Gasteiger partial charge in [-0.1, -0.05) is 12.1 Å². The molecule has 2 aromatic rings. The molecule has 0 saturated heterocycles. The molecule has 20 heavy (non-hydrogen) atoms. The Morgan fingerprint density at radius 3 is 2.70 bits per heavy atom. The number of anilines is 2. The van der Waals surface area contributed by atoms with Crippen LogP contribution in [0, 0.1) is 6.92 Å². The molecule has 1 amide bonds. The number of Topliss-reactive ketones (excluding diaryl/α,β-unsaturated/α-hetero) is 1. The molecule has 2 N–H and O–H groups in total. The molecule has 0 atom stereocenters. The predicted octanol–water partition coefficient (Wildman–Crippen LogP) is 1.41. The number of ketones is 1. The third kappa shape index (κ3) is 2.03. The van der Waals surface area contributed by atoms with E-state index in [9.17, 15) is 9.59 Å². The number of rotatable bonds is 3. The first-order valence-corrected chi connectivity index (χ1v) is 6.34. The monoisotopic (exact) mass is 268 g/mol. The van der Waals surface area contributed by atoms with E-state index in [0.29, 0.717) is 11.3 Å². The van der Waals surface area contributed by atoms with E-state index in [0.717, 1.165) is 11.4 Å². The Morgan fingerprint density at radius 2 is 1.95 bits per heavy atom. The van der Waals surface area contributed by atoms with Crippen LogP contribution in [0.4, 0.5) is 11.5 Å². The lowest BCUT2D eigenvalue weighted by molar-refractivity contribution is -0.361. The molecule has 0 saturated carbocycles. The van der Waals surface area contributed by atoms with Crippen molar-refractivity contribution in [1.29, 1.82) is 0 Å². The summed E-state index contributed by atoms with van der Waals surface area (Å²) >= 11 is 0. The summed E-state index contributed by atoms with van der Waals surface area (Å²) in [6.07, 6.45) is 1.87. The number of H-pyrrole nitrogens is 1. The summed E-state index contributed by atoms with van der Waals surface area (Å²) in [5.41, 5.74) is 2.24. The second-order valence-corrected chi connectivity index (χ2v) is 4.69. The number of amides is 1. The van der Waals surface area contributed by atoms with Crippen LogP contribution in [0.3, 0.4) is 0 Å². The number of carbonyl (C=O) groups is 2. The Labute approximate surface area is 116 Å². The van der Waals surface area contributed by atoms with E-state index in [4.69, 9.17) is 0 Å². The Kier molecular flexibility index (Phi) is 2.95. The highest BCUT2D eigenvalue weighted by atomic mass is 16.2. The van der Waals surface area contributed by atoms with E-state index < -0.39 is 11.7 Å². The van der Waals surface area contributed by atoms with Gasteiger partial charge in [-0.3, -0.25) is 19.8 Å². The summed E-state index contributed by atoms with van der Waals surface area (Å²) < 4.78 is 0. The standard InChI is InChI=1S/C15H13N3O2/c1-10-6-7-13(16-8-10)17-9-18-12-5-3-2-4-11(12)14(19)15(18)20/h2-8H,9H2,1H3,(H,16,17)/p+1. The summed E-state index contributed by atoms with van der Waals surface area (Å²) in [6, 6.07) is 10.9. The Balaban J connectivity index is 1.79. The summed E-state index contributed by atoms with van der Waals surface area (Å²) in [5, 5.41) is 3.10. The first kappa shape index (κ1) is 12.3. The van der Waals surface area contributed by atoms with Crippen molar-refractivity contribution < 1.29 is 14.6 Å². The third-order valence-electron chi connectivity index (χ3n) is 3.27. The van der Waals surface area contributed by atoms with E-state index >= 15 is 0 Å². The van der Waals surface area contributed by atoms with Crippen LogP contribution in [0.1, 0.15) is 15.9 Å². The number of aromatic nitrogens is 1. The number of pyridine rings is 1. The lowest BCUT2D eigenvalue weighted by atomic mass is 10.1. The van der Waals surface area contributed by atoms with Crippen LogP contribution in [0.15, 0.2) is 42.6 Å². The van der Waals surface area contributed by atoms with Gasteiger partial charge in [0.15, 0.2) is 6.67 Å². The Bertz CT molecular complexity index is 680. The molecule has 5 nitrogen and oxygen atoms in total. The van der Waals surface area contributed by atoms with Crippen LogP contribution < -0.4 is 15.2 Å². The van der Waals surface area contributed by atoms with E-state index in [1.807, 2.05) is 31.3 Å². The normalized spacial score (nSPS) is 13.6. The Hall–Kier alpha value is -2.69. The minimum atomic E-state index is -0.495. The molecule has 0 spiro atoms. The zero-order chi connectivity index (χ0) is 14.1. The van der Waals surface area contributed by atoms with Gasteiger partial charge in [0, 0.05) is 6.07 Å². The fourth-order valence-corrected chi connectivity index (χ4v) is 2.18. The predicted molar refractivity (Wildman–Crippen MR) is 74.5 cm³/mol. The summed E-state index contributed by atoms with van der Waals surface area (Å²) in [5.74, 6) is -0.152. The highest BCUT2D eigenvalue weighted by Crippen LogP contribution is 2.27. The number of hydrogen-bond acceptors (Lipinski definition) is 3. The molecule has 0 unspecified atom stereocenters. The molecule has 100 valence electrons. The van der Waals surface area contributed by atoms with Gasteiger partial charge in [0.25, 0.3) is 11.6 Å². The first-order valence-electron chi connectivity index (χ1n) is 6.34.